The molecule has 0 N–H and O–H groups in total. The van der Waals surface area contributed by atoms with E-state index in [1.165, 1.54) is 4.68 Å². The van der Waals surface area contributed by atoms with Gasteiger partial charge in [-0.1, -0.05) is 0 Å². The van der Waals surface area contributed by atoms with Gasteiger partial charge >= 0.3 is 0 Å². The molecule has 1 aliphatic rings. The number of piperidine rings is 1. The minimum atomic E-state index is -0.0228. The van der Waals surface area contributed by atoms with Crippen LogP contribution in [0.25, 0.3) is 0 Å². The number of tetrazole rings is 1. The quantitative estimate of drug-likeness (QED) is 0.638. The SMILES string of the molecule is Cn1nnnc1CC(=O)N1CCC(=O)CC1. The lowest BCUT2D eigenvalue weighted by atomic mass is 10.1. The number of aromatic nitrogens is 4. The molecule has 2 heterocycles. The van der Waals surface area contributed by atoms with Crippen molar-refractivity contribution in [2.24, 2.45) is 7.05 Å². The molecule has 1 saturated heterocycles. The highest BCUT2D eigenvalue weighted by Crippen LogP contribution is 2.07. The predicted molar refractivity (Wildman–Crippen MR) is 53.3 cm³/mol. The number of amides is 1. The molecule has 1 aliphatic heterocycles. The topological polar surface area (TPSA) is 81.0 Å². The van der Waals surface area contributed by atoms with Crippen molar-refractivity contribution in [1.29, 1.82) is 0 Å². The van der Waals surface area contributed by atoms with Gasteiger partial charge in [-0.05, 0) is 10.4 Å². The molecule has 7 heteroatoms. The number of Topliss-reactive ketones (excluding diaryl/α,β-unsaturated/α-hetero) is 1. The Morgan fingerprint density at radius 2 is 2.06 bits per heavy atom. The average Bonchev–Trinajstić information content (AvgIpc) is 2.65. The third kappa shape index (κ3) is 2.23. The summed E-state index contributed by atoms with van der Waals surface area (Å²) in [6.45, 7) is 1.03. The second kappa shape index (κ2) is 4.38. The van der Waals surface area contributed by atoms with Gasteiger partial charge < -0.3 is 4.90 Å². The molecule has 1 aromatic heterocycles. The van der Waals surface area contributed by atoms with Crippen molar-refractivity contribution in [3.8, 4) is 0 Å². The van der Waals surface area contributed by atoms with E-state index in [4.69, 9.17) is 0 Å². The summed E-state index contributed by atoms with van der Waals surface area (Å²) in [7, 11) is 1.70. The number of carbonyl (C=O) groups is 2. The van der Waals surface area contributed by atoms with Gasteiger partial charge in [0.15, 0.2) is 5.82 Å². The molecule has 1 fully saturated rings. The Kier molecular flexibility index (Phi) is 2.93. The lowest BCUT2D eigenvalue weighted by Crippen LogP contribution is -2.39. The van der Waals surface area contributed by atoms with E-state index in [1.807, 2.05) is 0 Å². The second-order valence-corrected chi connectivity index (χ2v) is 3.81. The fourth-order valence-corrected chi connectivity index (χ4v) is 1.65. The van der Waals surface area contributed by atoms with E-state index in [2.05, 4.69) is 15.5 Å². The highest BCUT2D eigenvalue weighted by atomic mass is 16.2. The van der Waals surface area contributed by atoms with Gasteiger partial charge in [0.1, 0.15) is 5.78 Å². The fourth-order valence-electron chi connectivity index (χ4n) is 1.65. The fraction of sp³-hybridized carbons (Fsp3) is 0.667. The number of aryl methyl sites for hydroxylation is 1. The third-order valence-corrected chi connectivity index (χ3v) is 2.69. The van der Waals surface area contributed by atoms with E-state index in [1.54, 1.807) is 11.9 Å². The smallest absolute Gasteiger partial charge is 0.230 e. The molecule has 2 rings (SSSR count). The van der Waals surface area contributed by atoms with E-state index in [0.29, 0.717) is 31.8 Å². The lowest BCUT2D eigenvalue weighted by Gasteiger charge is -2.25. The van der Waals surface area contributed by atoms with Gasteiger partial charge in [0.2, 0.25) is 5.91 Å². The van der Waals surface area contributed by atoms with Crippen LogP contribution in [0.4, 0.5) is 0 Å². The van der Waals surface area contributed by atoms with Crippen LogP contribution in [0.2, 0.25) is 0 Å². The van der Waals surface area contributed by atoms with Crippen LogP contribution in [-0.2, 0) is 23.1 Å². The number of likely N-dealkylation sites (tertiary alicyclic amines) is 1. The van der Waals surface area contributed by atoms with E-state index >= 15 is 0 Å². The van der Waals surface area contributed by atoms with Crippen molar-refractivity contribution in [2.45, 2.75) is 19.3 Å². The maximum absolute atomic E-state index is 11.8. The Morgan fingerprint density at radius 1 is 1.38 bits per heavy atom. The van der Waals surface area contributed by atoms with Crippen molar-refractivity contribution in [2.75, 3.05) is 13.1 Å². The summed E-state index contributed by atoms with van der Waals surface area (Å²) >= 11 is 0. The second-order valence-electron chi connectivity index (χ2n) is 3.81. The Hall–Kier alpha value is -1.79. The molecule has 1 aromatic rings. The van der Waals surface area contributed by atoms with Crippen molar-refractivity contribution in [3.05, 3.63) is 5.82 Å². The van der Waals surface area contributed by atoms with Crippen molar-refractivity contribution in [1.82, 2.24) is 25.1 Å². The molecule has 0 atom stereocenters. The number of rotatable bonds is 2. The van der Waals surface area contributed by atoms with Gasteiger partial charge in [0, 0.05) is 33.0 Å². The van der Waals surface area contributed by atoms with Crippen LogP contribution in [0.3, 0.4) is 0 Å². The van der Waals surface area contributed by atoms with Crippen LogP contribution in [0, 0.1) is 0 Å². The standard InChI is InChI=1S/C9H13N5O2/c1-13-8(10-11-12-13)6-9(16)14-4-2-7(15)3-5-14/h2-6H2,1H3. The van der Waals surface area contributed by atoms with Gasteiger partial charge in [-0.2, -0.15) is 0 Å². The molecule has 0 spiro atoms. The van der Waals surface area contributed by atoms with Crippen LogP contribution in [0.15, 0.2) is 0 Å². The molecule has 0 bridgehead atoms. The molecule has 7 nitrogen and oxygen atoms in total. The summed E-state index contributed by atoms with van der Waals surface area (Å²) in [6, 6.07) is 0. The van der Waals surface area contributed by atoms with Crippen LogP contribution >= 0.6 is 0 Å². The normalized spacial score (nSPS) is 16.6. The van der Waals surface area contributed by atoms with Crippen molar-refractivity contribution < 1.29 is 9.59 Å². The Morgan fingerprint density at radius 3 is 2.62 bits per heavy atom. The molecule has 1 amide bonds. The van der Waals surface area contributed by atoms with Gasteiger partial charge in [0.25, 0.3) is 0 Å². The van der Waals surface area contributed by atoms with Crippen LogP contribution in [0.5, 0.6) is 0 Å². The molecule has 0 aliphatic carbocycles. The van der Waals surface area contributed by atoms with E-state index in [9.17, 15) is 9.59 Å². The first-order chi connectivity index (χ1) is 7.66. The lowest BCUT2D eigenvalue weighted by molar-refractivity contribution is -0.134. The van der Waals surface area contributed by atoms with E-state index in [0.717, 1.165) is 0 Å². The predicted octanol–water partition coefficient (Wildman–Crippen LogP) is -1.06. The molecule has 0 radical (unpaired) electrons. The summed E-state index contributed by atoms with van der Waals surface area (Å²) in [5.74, 6) is 0.747. The summed E-state index contributed by atoms with van der Waals surface area (Å²) < 4.78 is 1.48. The Bertz CT molecular complexity index is 404. The largest absolute Gasteiger partial charge is 0.341 e. The zero-order chi connectivity index (χ0) is 11.5. The molecular formula is C9H13N5O2. The number of hydrogen-bond donors (Lipinski definition) is 0. The zero-order valence-corrected chi connectivity index (χ0v) is 9.09. The van der Waals surface area contributed by atoms with Gasteiger partial charge in [-0.3, -0.25) is 9.59 Å². The highest BCUT2D eigenvalue weighted by Gasteiger charge is 2.22. The van der Waals surface area contributed by atoms with Gasteiger partial charge in [0.05, 0.1) is 6.42 Å². The Labute approximate surface area is 92.4 Å². The summed E-state index contributed by atoms with van der Waals surface area (Å²) in [5, 5.41) is 10.9. The first-order valence-electron chi connectivity index (χ1n) is 5.17. The molecule has 16 heavy (non-hydrogen) atoms. The third-order valence-electron chi connectivity index (χ3n) is 2.69. The van der Waals surface area contributed by atoms with Crippen LogP contribution < -0.4 is 0 Å². The van der Waals surface area contributed by atoms with Crippen molar-refractivity contribution in [3.63, 3.8) is 0 Å². The minimum Gasteiger partial charge on any atom is -0.341 e. The molecule has 0 aromatic carbocycles. The van der Waals surface area contributed by atoms with Crippen molar-refractivity contribution >= 4 is 11.7 Å². The first-order valence-corrected chi connectivity index (χ1v) is 5.17. The van der Waals surface area contributed by atoms with Crippen LogP contribution in [0.1, 0.15) is 18.7 Å². The average molecular weight is 223 g/mol. The molecule has 0 saturated carbocycles. The number of nitrogens with zero attached hydrogens (tertiary/aromatic N) is 5. The molecule has 0 unspecified atom stereocenters. The molecule has 86 valence electrons. The highest BCUT2D eigenvalue weighted by molar-refractivity contribution is 5.84. The monoisotopic (exact) mass is 223 g/mol. The Balaban J connectivity index is 1.93. The van der Waals surface area contributed by atoms with E-state index in [-0.39, 0.29) is 18.1 Å². The first kappa shape index (κ1) is 10.7. The summed E-state index contributed by atoms with van der Waals surface area (Å²) in [4.78, 5) is 24.5. The number of carbonyl (C=O) groups excluding carboxylic acids is 2. The van der Waals surface area contributed by atoms with E-state index < -0.39 is 0 Å². The van der Waals surface area contributed by atoms with Crippen LogP contribution in [-0.4, -0.2) is 49.9 Å². The number of ketones is 1. The summed E-state index contributed by atoms with van der Waals surface area (Å²) in [6.07, 6.45) is 1.11. The zero-order valence-electron chi connectivity index (χ0n) is 9.09. The maximum Gasteiger partial charge on any atom is 0.230 e. The van der Waals surface area contributed by atoms with Gasteiger partial charge in [-0.15, -0.1) is 5.10 Å². The summed E-state index contributed by atoms with van der Waals surface area (Å²) in [5.41, 5.74) is 0. The minimum absolute atomic E-state index is 0.0228. The molecular weight excluding hydrogens is 210 g/mol. The maximum atomic E-state index is 11.8. The van der Waals surface area contributed by atoms with Gasteiger partial charge in [-0.25, -0.2) is 4.68 Å². The number of hydrogen-bond acceptors (Lipinski definition) is 5.